The fourth-order valence-electron chi connectivity index (χ4n) is 4.73. The van der Waals surface area contributed by atoms with Gasteiger partial charge in [0.05, 0.1) is 12.2 Å². The number of ether oxygens (including phenoxy) is 1. The molecule has 0 aromatic rings. The Bertz CT molecular complexity index is 310. The predicted molar refractivity (Wildman–Crippen MR) is 79.0 cm³/mol. The van der Waals surface area contributed by atoms with Gasteiger partial charge in [-0.25, -0.2) is 0 Å². The molecule has 3 aliphatic carbocycles. The zero-order chi connectivity index (χ0) is 13.5. The summed E-state index contributed by atoms with van der Waals surface area (Å²) in [6.45, 7) is 4.78. The fourth-order valence-corrected chi connectivity index (χ4v) is 4.73. The third-order valence-corrected chi connectivity index (χ3v) is 6.54. The van der Waals surface area contributed by atoms with E-state index < -0.39 is 0 Å². The molecule has 1 spiro atoms. The molecule has 0 aromatic heterocycles. The molecule has 3 saturated carbocycles. The van der Waals surface area contributed by atoms with Crippen LogP contribution in [-0.2, 0) is 4.74 Å². The van der Waals surface area contributed by atoms with E-state index in [9.17, 15) is 0 Å². The first-order valence-electron chi connectivity index (χ1n) is 8.53. The van der Waals surface area contributed by atoms with Crippen molar-refractivity contribution in [3.63, 3.8) is 0 Å². The second-order valence-corrected chi connectivity index (χ2v) is 7.65. The van der Waals surface area contributed by atoms with E-state index in [0.717, 1.165) is 18.3 Å². The Balaban J connectivity index is 1.58. The molecule has 0 aromatic carbocycles. The number of hydrogen-bond donors (Lipinski definition) is 1. The van der Waals surface area contributed by atoms with E-state index in [4.69, 9.17) is 10.5 Å². The Hall–Kier alpha value is -0.0800. The molecule has 3 rings (SSSR count). The number of hydrogen-bond acceptors (Lipinski definition) is 2. The van der Waals surface area contributed by atoms with Crippen LogP contribution in [0.2, 0.25) is 0 Å². The molecule has 110 valence electrons. The van der Waals surface area contributed by atoms with Gasteiger partial charge in [0, 0.05) is 11.5 Å². The lowest BCUT2D eigenvalue weighted by molar-refractivity contribution is -0.178. The van der Waals surface area contributed by atoms with Crippen LogP contribution in [0.4, 0.5) is 0 Å². The van der Waals surface area contributed by atoms with Gasteiger partial charge in [-0.2, -0.15) is 0 Å². The SMILES string of the molecule is CC1CCC(OC2CC(N)C23CCCCC3)CC1C. The summed E-state index contributed by atoms with van der Waals surface area (Å²) in [6, 6.07) is 0.415. The summed E-state index contributed by atoms with van der Waals surface area (Å²) in [7, 11) is 0. The van der Waals surface area contributed by atoms with Crippen molar-refractivity contribution in [3.05, 3.63) is 0 Å². The topological polar surface area (TPSA) is 35.2 Å². The van der Waals surface area contributed by atoms with E-state index in [0.29, 0.717) is 23.7 Å². The van der Waals surface area contributed by atoms with E-state index >= 15 is 0 Å². The first-order chi connectivity index (χ1) is 9.12. The molecule has 0 heterocycles. The van der Waals surface area contributed by atoms with E-state index in [2.05, 4.69) is 13.8 Å². The van der Waals surface area contributed by atoms with Crippen LogP contribution in [0.5, 0.6) is 0 Å². The number of nitrogens with two attached hydrogens (primary N) is 1. The van der Waals surface area contributed by atoms with Crippen molar-refractivity contribution in [2.75, 3.05) is 0 Å². The Morgan fingerprint density at radius 3 is 2.32 bits per heavy atom. The van der Waals surface area contributed by atoms with Gasteiger partial charge in [-0.05, 0) is 50.4 Å². The minimum absolute atomic E-state index is 0.366. The van der Waals surface area contributed by atoms with Gasteiger partial charge in [-0.15, -0.1) is 0 Å². The van der Waals surface area contributed by atoms with Crippen molar-refractivity contribution in [1.82, 2.24) is 0 Å². The van der Waals surface area contributed by atoms with Crippen molar-refractivity contribution in [3.8, 4) is 0 Å². The molecule has 0 saturated heterocycles. The Kier molecular flexibility index (Phi) is 3.92. The molecular formula is C17H31NO. The maximum absolute atomic E-state index is 6.53. The van der Waals surface area contributed by atoms with Gasteiger partial charge in [-0.3, -0.25) is 0 Å². The van der Waals surface area contributed by atoms with Crippen molar-refractivity contribution in [2.45, 2.75) is 89.9 Å². The molecule has 0 amide bonds. The number of rotatable bonds is 2. The lowest BCUT2D eigenvalue weighted by Crippen LogP contribution is -2.63. The third kappa shape index (κ3) is 2.47. The average Bonchev–Trinajstić information content (AvgIpc) is 2.43. The molecular weight excluding hydrogens is 234 g/mol. The van der Waals surface area contributed by atoms with Gasteiger partial charge in [0.1, 0.15) is 0 Å². The first-order valence-corrected chi connectivity index (χ1v) is 8.53. The van der Waals surface area contributed by atoms with Gasteiger partial charge < -0.3 is 10.5 Å². The lowest BCUT2D eigenvalue weighted by atomic mass is 9.55. The summed E-state index contributed by atoms with van der Waals surface area (Å²) in [5, 5.41) is 0. The van der Waals surface area contributed by atoms with Crippen molar-refractivity contribution < 1.29 is 4.74 Å². The van der Waals surface area contributed by atoms with Crippen LogP contribution in [0.15, 0.2) is 0 Å². The summed E-state index contributed by atoms with van der Waals surface area (Å²) >= 11 is 0. The Morgan fingerprint density at radius 1 is 0.947 bits per heavy atom. The summed E-state index contributed by atoms with van der Waals surface area (Å²) < 4.78 is 6.53. The highest BCUT2D eigenvalue weighted by atomic mass is 16.5. The van der Waals surface area contributed by atoms with Gasteiger partial charge >= 0.3 is 0 Å². The van der Waals surface area contributed by atoms with Crippen LogP contribution in [0.1, 0.15) is 71.6 Å². The molecule has 5 unspecified atom stereocenters. The highest BCUT2D eigenvalue weighted by Gasteiger charge is 2.54. The smallest absolute Gasteiger partial charge is 0.0664 e. The summed E-state index contributed by atoms with van der Waals surface area (Å²) in [4.78, 5) is 0. The molecule has 0 bridgehead atoms. The zero-order valence-corrected chi connectivity index (χ0v) is 12.7. The van der Waals surface area contributed by atoms with Crippen LogP contribution in [0, 0.1) is 17.3 Å². The Labute approximate surface area is 118 Å². The zero-order valence-electron chi connectivity index (χ0n) is 12.7. The second-order valence-electron chi connectivity index (χ2n) is 7.65. The van der Waals surface area contributed by atoms with Crippen molar-refractivity contribution >= 4 is 0 Å². The third-order valence-electron chi connectivity index (χ3n) is 6.54. The highest BCUT2D eigenvalue weighted by molar-refractivity contribution is 5.07. The molecule has 2 N–H and O–H groups in total. The van der Waals surface area contributed by atoms with E-state index in [1.165, 1.54) is 51.4 Å². The van der Waals surface area contributed by atoms with Gasteiger partial charge in [0.15, 0.2) is 0 Å². The van der Waals surface area contributed by atoms with Crippen molar-refractivity contribution in [2.24, 2.45) is 23.0 Å². The quantitative estimate of drug-likeness (QED) is 0.822. The van der Waals surface area contributed by atoms with Crippen molar-refractivity contribution in [1.29, 1.82) is 0 Å². The normalized spacial score (nSPS) is 45.9. The maximum atomic E-state index is 6.53. The van der Waals surface area contributed by atoms with Crippen LogP contribution < -0.4 is 5.73 Å². The molecule has 19 heavy (non-hydrogen) atoms. The maximum Gasteiger partial charge on any atom is 0.0664 e. The summed E-state index contributed by atoms with van der Waals surface area (Å²) in [6.07, 6.45) is 12.8. The minimum Gasteiger partial charge on any atom is -0.374 e. The van der Waals surface area contributed by atoms with E-state index in [1.807, 2.05) is 0 Å². The molecule has 2 nitrogen and oxygen atoms in total. The van der Waals surface area contributed by atoms with Gasteiger partial charge in [0.25, 0.3) is 0 Å². The largest absolute Gasteiger partial charge is 0.374 e. The summed E-state index contributed by atoms with van der Waals surface area (Å²) in [5.74, 6) is 1.71. The standard InChI is InChI=1S/C17H31NO/c1-12-6-7-14(10-13(12)2)19-16-11-15(18)17(16)8-4-3-5-9-17/h12-16H,3-11,18H2,1-2H3. The van der Waals surface area contributed by atoms with E-state index in [-0.39, 0.29) is 0 Å². The molecule has 5 atom stereocenters. The van der Waals surface area contributed by atoms with E-state index in [1.54, 1.807) is 0 Å². The molecule has 3 fully saturated rings. The van der Waals surface area contributed by atoms with Crippen LogP contribution in [0.3, 0.4) is 0 Å². The molecule has 3 aliphatic rings. The van der Waals surface area contributed by atoms with Crippen LogP contribution in [0.25, 0.3) is 0 Å². The second kappa shape index (κ2) is 5.37. The average molecular weight is 265 g/mol. The fraction of sp³-hybridized carbons (Fsp3) is 1.00. The molecule has 0 radical (unpaired) electrons. The molecule has 2 heteroatoms. The van der Waals surface area contributed by atoms with Crippen LogP contribution >= 0.6 is 0 Å². The molecule has 0 aliphatic heterocycles. The lowest BCUT2D eigenvalue weighted by Gasteiger charge is -2.57. The summed E-state index contributed by atoms with van der Waals surface area (Å²) in [5.41, 5.74) is 6.72. The van der Waals surface area contributed by atoms with Crippen LogP contribution in [-0.4, -0.2) is 18.2 Å². The highest BCUT2D eigenvalue weighted by Crippen LogP contribution is 2.53. The monoisotopic (exact) mass is 265 g/mol. The predicted octanol–water partition coefficient (Wildman–Crippen LogP) is 3.88. The van der Waals surface area contributed by atoms with Gasteiger partial charge in [-0.1, -0.05) is 33.1 Å². The van der Waals surface area contributed by atoms with Gasteiger partial charge in [0.2, 0.25) is 0 Å². The first kappa shape index (κ1) is 13.9. The minimum atomic E-state index is 0.366. The Morgan fingerprint density at radius 2 is 1.68 bits per heavy atom.